The second kappa shape index (κ2) is 15.5. The highest BCUT2D eigenvalue weighted by Crippen LogP contribution is 2.62. The SMILES string of the molecule is COc1cc(C=CC2C3=CCC4C(=O)N(c5cc([N+](=O)[O-])c(N(C)C)c([N+](=O)[O-])c5)C(=O)C4C3CC3C(=O)N(Nc4ccc(C)cc4)C(=O)C23c2ccccc2)cc(OC)c1O. The van der Waals surface area contributed by atoms with Gasteiger partial charge in [0.2, 0.25) is 17.6 Å². The van der Waals surface area contributed by atoms with Crippen molar-refractivity contribution in [1.82, 2.24) is 5.01 Å². The number of allylic oxidation sites excluding steroid dienone is 3. The maximum Gasteiger partial charge on any atom is 0.301 e. The lowest BCUT2D eigenvalue weighted by atomic mass is 9.50. The first kappa shape index (κ1) is 41.2. The molecule has 8 rings (SSSR count). The first-order valence-electron chi connectivity index (χ1n) is 19.8. The first-order valence-corrected chi connectivity index (χ1v) is 19.8. The van der Waals surface area contributed by atoms with Crippen molar-refractivity contribution in [1.29, 1.82) is 0 Å². The van der Waals surface area contributed by atoms with E-state index in [4.69, 9.17) is 9.47 Å². The molecule has 62 heavy (non-hydrogen) atoms. The zero-order valence-electron chi connectivity index (χ0n) is 34.3. The number of hydrogen-bond acceptors (Lipinski definition) is 13. The van der Waals surface area contributed by atoms with Gasteiger partial charge in [-0.1, -0.05) is 71.8 Å². The summed E-state index contributed by atoms with van der Waals surface area (Å²) in [5.74, 6) is -7.32. The summed E-state index contributed by atoms with van der Waals surface area (Å²) in [5.41, 5.74) is 2.67. The minimum atomic E-state index is -1.57. The summed E-state index contributed by atoms with van der Waals surface area (Å²) >= 11 is 0. The number of fused-ring (bicyclic) bond motifs is 4. The second-order valence-corrected chi connectivity index (χ2v) is 16.0. The lowest BCUT2D eigenvalue weighted by Gasteiger charge is -2.49. The van der Waals surface area contributed by atoms with Gasteiger partial charge in [-0.15, -0.1) is 0 Å². The number of imide groups is 2. The number of aromatic hydroxyl groups is 1. The number of amides is 4. The molecule has 0 spiro atoms. The van der Waals surface area contributed by atoms with Crippen LogP contribution in [0.2, 0.25) is 0 Å². The Morgan fingerprint density at radius 2 is 1.47 bits per heavy atom. The minimum absolute atomic E-state index is 0.0313. The van der Waals surface area contributed by atoms with Crippen molar-refractivity contribution in [3.63, 3.8) is 0 Å². The standard InChI is InChI=1S/C45H42N6O11/c1-24-11-14-27(15-12-24)46-49-42(54)33-23-31-29(16-17-30-38(31)43(55)48(41(30)53)28-21-34(50(57)58)39(47(2)3)35(22-28)51(59)60)32(45(33,44(49)56)26-9-7-6-8-10-26)18-13-25-19-36(61-4)40(52)37(20-25)62-5/h6-16,18-22,30-33,38,46,52H,17,23H2,1-5H3. The highest BCUT2D eigenvalue weighted by atomic mass is 16.6. The van der Waals surface area contributed by atoms with Gasteiger partial charge in [-0.05, 0) is 61.1 Å². The molecule has 2 saturated heterocycles. The molecule has 2 N–H and O–H groups in total. The van der Waals surface area contributed by atoms with Crippen molar-refractivity contribution in [3.05, 3.63) is 134 Å². The molecule has 6 unspecified atom stereocenters. The number of carbonyl (C=O) groups excluding carboxylic acids is 4. The molecule has 17 nitrogen and oxygen atoms in total. The van der Waals surface area contributed by atoms with Gasteiger partial charge in [-0.3, -0.25) is 44.8 Å². The van der Waals surface area contributed by atoms with Crippen molar-refractivity contribution < 1.29 is 43.6 Å². The molecule has 0 bridgehead atoms. The fourth-order valence-corrected chi connectivity index (χ4v) is 9.92. The summed E-state index contributed by atoms with van der Waals surface area (Å²) in [7, 11) is 5.60. The highest BCUT2D eigenvalue weighted by Gasteiger charge is 2.69. The number of aryl methyl sites for hydroxylation is 1. The Labute approximate surface area is 355 Å². The van der Waals surface area contributed by atoms with Crippen LogP contribution in [-0.4, -0.2) is 71.9 Å². The number of benzene rings is 4. The summed E-state index contributed by atoms with van der Waals surface area (Å²) in [6.07, 6.45) is 5.35. The van der Waals surface area contributed by atoms with Gasteiger partial charge in [-0.25, -0.2) is 4.90 Å². The highest BCUT2D eigenvalue weighted by molar-refractivity contribution is 6.23. The van der Waals surface area contributed by atoms with Crippen molar-refractivity contribution >= 4 is 58.1 Å². The van der Waals surface area contributed by atoms with Gasteiger partial charge in [-0.2, -0.15) is 5.01 Å². The number of carbonyl (C=O) groups is 4. The summed E-state index contributed by atoms with van der Waals surface area (Å²) < 4.78 is 10.8. The first-order chi connectivity index (χ1) is 29.6. The average molecular weight is 843 g/mol. The molecule has 0 radical (unpaired) electrons. The predicted octanol–water partition coefficient (Wildman–Crippen LogP) is 6.34. The van der Waals surface area contributed by atoms with Gasteiger partial charge in [0.25, 0.3) is 11.8 Å². The monoisotopic (exact) mass is 842 g/mol. The van der Waals surface area contributed by atoms with E-state index in [2.05, 4.69) is 5.43 Å². The van der Waals surface area contributed by atoms with Crippen LogP contribution in [0.25, 0.3) is 6.08 Å². The molecule has 2 aliphatic carbocycles. The van der Waals surface area contributed by atoms with Crippen LogP contribution in [0.5, 0.6) is 17.2 Å². The quantitative estimate of drug-likeness (QED) is 0.0731. The van der Waals surface area contributed by atoms with Gasteiger partial charge in [0.05, 0.1) is 58.6 Å². The molecule has 4 aromatic rings. The van der Waals surface area contributed by atoms with Crippen LogP contribution in [0.4, 0.5) is 28.4 Å². The topological polar surface area (TPSA) is 215 Å². The Kier molecular flexibility index (Phi) is 10.3. The largest absolute Gasteiger partial charge is 0.502 e. The van der Waals surface area contributed by atoms with Gasteiger partial charge in [0.15, 0.2) is 17.2 Å². The smallest absolute Gasteiger partial charge is 0.301 e. The lowest BCUT2D eigenvalue weighted by molar-refractivity contribution is -0.392. The van der Waals surface area contributed by atoms with E-state index in [1.54, 1.807) is 66.7 Å². The zero-order chi connectivity index (χ0) is 44.4. The molecule has 4 aromatic carbocycles. The summed E-state index contributed by atoms with van der Waals surface area (Å²) in [6.45, 7) is 1.91. The van der Waals surface area contributed by atoms with Crippen LogP contribution in [0.3, 0.4) is 0 Å². The van der Waals surface area contributed by atoms with Crippen LogP contribution >= 0.6 is 0 Å². The van der Waals surface area contributed by atoms with Gasteiger partial charge in [0, 0.05) is 32.1 Å². The molecule has 4 amide bonds. The van der Waals surface area contributed by atoms with Crippen LogP contribution in [-0.2, 0) is 24.6 Å². The number of nitro benzene ring substituents is 2. The van der Waals surface area contributed by atoms with E-state index >= 15 is 4.79 Å². The number of anilines is 3. The molecule has 0 aromatic heterocycles. The zero-order valence-corrected chi connectivity index (χ0v) is 34.3. The van der Waals surface area contributed by atoms with Gasteiger partial charge in [0.1, 0.15) is 0 Å². The molecule has 2 aliphatic heterocycles. The van der Waals surface area contributed by atoms with Gasteiger partial charge >= 0.3 is 11.4 Å². The van der Waals surface area contributed by atoms with Crippen molar-refractivity contribution in [2.45, 2.75) is 25.2 Å². The molecule has 17 heteroatoms. The number of phenolic OH excluding ortho intramolecular Hbond substituents is 1. The van der Waals surface area contributed by atoms with E-state index in [1.807, 2.05) is 25.1 Å². The Morgan fingerprint density at radius 1 is 0.855 bits per heavy atom. The predicted molar refractivity (Wildman–Crippen MR) is 226 cm³/mol. The Hall–Kier alpha value is -7.56. The normalized spacial score (nSPS) is 24.1. The Balaban J connectivity index is 1.30. The fourth-order valence-electron chi connectivity index (χ4n) is 9.92. The van der Waals surface area contributed by atoms with Crippen LogP contribution in [0.1, 0.15) is 29.5 Å². The van der Waals surface area contributed by atoms with Crippen LogP contribution < -0.4 is 24.7 Å². The van der Waals surface area contributed by atoms with E-state index < -0.39 is 79.9 Å². The minimum Gasteiger partial charge on any atom is -0.502 e. The van der Waals surface area contributed by atoms with Gasteiger partial charge < -0.3 is 19.5 Å². The molecule has 3 fully saturated rings. The third-order valence-electron chi connectivity index (χ3n) is 12.6. The molecule has 6 atom stereocenters. The van der Waals surface area contributed by atoms with Crippen molar-refractivity contribution in [2.75, 3.05) is 43.5 Å². The molecule has 1 saturated carbocycles. The summed E-state index contributed by atoms with van der Waals surface area (Å²) in [5, 5.41) is 36.3. The Bertz CT molecular complexity index is 2570. The van der Waals surface area contributed by atoms with Crippen molar-refractivity contribution in [2.24, 2.45) is 29.6 Å². The number of nitro groups is 2. The number of hydrazine groups is 1. The number of hydrogen-bond donors (Lipinski definition) is 2. The summed E-state index contributed by atoms with van der Waals surface area (Å²) in [4.78, 5) is 84.5. The number of nitrogens with one attached hydrogen (secondary N) is 1. The van der Waals surface area contributed by atoms with Crippen molar-refractivity contribution in [3.8, 4) is 17.2 Å². The molecule has 2 heterocycles. The number of phenols is 1. The van der Waals surface area contributed by atoms with Crippen LogP contribution in [0, 0.1) is 56.7 Å². The number of rotatable bonds is 11. The fraction of sp³-hybridized carbons (Fsp3) is 0.289. The van der Waals surface area contributed by atoms with Crippen LogP contribution in [0.15, 0.2) is 96.6 Å². The molecular formula is C45H42N6O11. The number of methoxy groups -OCH3 is 2. The lowest BCUT2D eigenvalue weighted by Crippen LogP contribution is -2.54. The molecule has 4 aliphatic rings. The number of ether oxygens (including phenoxy) is 2. The Morgan fingerprint density at radius 3 is 2.03 bits per heavy atom. The third kappa shape index (κ3) is 6.30. The average Bonchev–Trinajstić information content (AvgIpc) is 3.64. The van der Waals surface area contributed by atoms with E-state index in [0.29, 0.717) is 22.4 Å². The third-order valence-corrected chi connectivity index (χ3v) is 12.6. The van der Waals surface area contributed by atoms with E-state index in [1.165, 1.54) is 33.2 Å². The molecular weight excluding hydrogens is 801 g/mol. The van der Waals surface area contributed by atoms with E-state index in [-0.39, 0.29) is 41.5 Å². The van der Waals surface area contributed by atoms with E-state index in [9.17, 15) is 39.7 Å². The maximum atomic E-state index is 15.4. The van der Waals surface area contributed by atoms with E-state index in [0.717, 1.165) is 27.6 Å². The number of nitrogens with zero attached hydrogens (tertiary/aromatic N) is 5. The maximum absolute atomic E-state index is 15.4. The molecule has 318 valence electrons. The summed E-state index contributed by atoms with van der Waals surface area (Å²) in [6, 6.07) is 21.2. The second-order valence-electron chi connectivity index (χ2n) is 16.0.